The summed E-state index contributed by atoms with van der Waals surface area (Å²) < 4.78 is 2.80. The Morgan fingerprint density at radius 2 is 2.18 bits per heavy atom. The number of benzene rings is 1. The molecule has 0 spiro atoms. The van der Waals surface area contributed by atoms with E-state index in [1.165, 1.54) is 9.13 Å². The quantitative estimate of drug-likeness (QED) is 0.675. The summed E-state index contributed by atoms with van der Waals surface area (Å²) in [5, 5.41) is 4.30. The van der Waals surface area contributed by atoms with E-state index in [0.29, 0.717) is 5.95 Å². The summed E-state index contributed by atoms with van der Waals surface area (Å²) in [6.45, 7) is 3.96. The number of hydrogen-bond donors (Lipinski definition) is 1. The molecule has 2 aromatic rings. The molecule has 4 nitrogen and oxygen atoms in total. The molecule has 17 heavy (non-hydrogen) atoms. The maximum absolute atomic E-state index is 5.71. The largest absolute Gasteiger partial charge is 0.368 e. The summed E-state index contributed by atoms with van der Waals surface area (Å²) >= 11 is 2.31. The molecule has 0 bridgehead atoms. The van der Waals surface area contributed by atoms with Crippen molar-refractivity contribution >= 4 is 34.8 Å². The zero-order chi connectivity index (χ0) is 12.4. The first-order valence-corrected chi connectivity index (χ1v) is 6.26. The molecule has 1 heterocycles. The Bertz CT molecular complexity index is 572. The van der Waals surface area contributed by atoms with Crippen molar-refractivity contribution in [3.05, 3.63) is 44.8 Å². The van der Waals surface area contributed by atoms with Crippen LogP contribution in [-0.2, 0) is 0 Å². The lowest BCUT2D eigenvalue weighted by molar-refractivity contribution is 0.896. The van der Waals surface area contributed by atoms with Gasteiger partial charge in [0, 0.05) is 3.57 Å². The summed E-state index contributed by atoms with van der Waals surface area (Å²) in [7, 11) is 0. The lowest BCUT2D eigenvalue weighted by atomic mass is 10.1. The van der Waals surface area contributed by atoms with Crippen LogP contribution in [0.15, 0.2) is 29.5 Å². The Hall–Kier alpha value is -1.37. The molecule has 1 aromatic carbocycles. The minimum absolute atomic E-state index is 0.405. The third-order valence-electron chi connectivity index (χ3n) is 2.47. The Balaban J connectivity index is 2.32. The summed E-state index contributed by atoms with van der Waals surface area (Å²) in [5.41, 5.74) is 8.87. The van der Waals surface area contributed by atoms with E-state index in [4.69, 9.17) is 5.73 Å². The van der Waals surface area contributed by atoms with Crippen molar-refractivity contribution in [2.75, 3.05) is 5.73 Å². The molecule has 0 radical (unpaired) electrons. The van der Waals surface area contributed by atoms with Gasteiger partial charge in [-0.2, -0.15) is 5.10 Å². The Labute approximate surface area is 114 Å². The van der Waals surface area contributed by atoms with E-state index in [0.717, 1.165) is 11.3 Å². The van der Waals surface area contributed by atoms with Crippen LogP contribution in [0.3, 0.4) is 0 Å². The maximum atomic E-state index is 5.71. The predicted molar refractivity (Wildman–Crippen MR) is 78.3 cm³/mol. The smallest absolute Gasteiger partial charge is 0.221 e. The SMILES string of the molecule is Cc1cn(N=Cc2cccc(I)c2C)c(N)n1. The summed E-state index contributed by atoms with van der Waals surface area (Å²) in [4.78, 5) is 4.09. The average molecular weight is 340 g/mol. The molecular weight excluding hydrogens is 327 g/mol. The van der Waals surface area contributed by atoms with Gasteiger partial charge in [0.15, 0.2) is 0 Å². The molecule has 0 unspecified atom stereocenters. The van der Waals surface area contributed by atoms with Gasteiger partial charge in [0.1, 0.15) is 0 Å². The topological polar surface area (TPSA) is 56.2 Å². The zero-order valence-corrected chi connectivity index (χ0v) is 11.8. The first-order chi connectivity index (χ1) is 8.08. The molecule has 0 saturated heterocycles. The van der Waals surface area contributed by atoms with Gasteiger partial charge in [0.2, 0.25) is 5.95 Å². The van der Waals surface area contributed by atoms with Gasteiger partial charge in [-0.25, -0.2) is 9.66 Å². The molecular formula is C12H13IN4. The van der Waals surface area contributed by atoms with Crippen LogP contribution in [0.25, 0.3) is 0 Å². The van der Waals surface area contributed by atoms with Crippen molar-refractivity contribution in [1.29, 1.82) is 0 Å². The maximum Gasteiger partial charge on any atom is 0.221 e. The molecule has 0 aliphatic rings. The van der Waals surface area contributed by atoms with Crippen LogP contribution in [0, 0.1) is 17.4 Å². The second-order valence-corrected chi connectivity index (χ2v) is 4.95. The van der Waals surface area contributed by atoms with Crippen molar-refractivity contribution in [1.82, 2.24) is 9.66 Å². The molecule has 2 N–H and O–H groups in total. The highest BCUT2D eigenvalue weighted by Crippen LogP contribution is 2.14. The van der Waals surface area contributed by atoms with Crippen molar-refractivity contribution in [3.63, 3.8) is 0 Å². The highest BCUT2D eigenvalue weighted by atomic mass is 127. The van der Waals surface area contributed by atoms with Crippen LogP contribution in [0.1, 0.15) is 16.8 Å². The molecule has 88 valence electrons. The third kappa shape index (κ3) is 2.66. The van der Waals surface area contributed by atoms with Gasteiger partial charge in [-0.15, -0.1) is 0 Å². The van der Waals surface area contributed by atoms with Crippen LogP contribution < -0.4 is 5.73 Å². The van der Waals surface area contributed by atoms with Crippen LogP contribution in [0.4, 0.5) is 5.95 Å². The van der Waals surface area contributed by atoms with Crippen molar-refractivity contribution in [2.24, 2.45) is 5.10 Å². The highest BCUT2D eigenvalue weighted by molar-refractivity contribution is 14.1. The van der Waals surface area contributed by atoms with Gasteiger partial charge in [0.25, 0.3) is 0 Å². The number of imidazole rings is 1. The van der Waals surface area contributed by atoms with Crippen LogP contribution in [0.5, 0.6) is 0 Å². The Morgan fingerprint density at radius 1 is 1.41 bits per heavy atom. The molecule has 1 aromatic heterocycles. The molecule has 2 rings (SSSR count). The van der Waals surface area contributed by atoms with Gasteiger partial charge >= 0.3 is 0 Å². The van der Waals surface area contributed by atoms with Crippen LogP contribution in [0.2, 0.25) is 0 Å². The number of nitrogens with two attached hydrogens (primary N) is 1. The van der Waals surface area contributed by atoms with E-state index in [2.05, 4.69) is 45.7 Å². The second-order valence-electron chi connectivity index (χ2n) is 3.78. The highest BCUT2D eigenvalue weighted by Gasteiger charge is 2.01. The van der Waals surface area contributed by atoms with Crippen molar-refractivity contribution in [3.8, 4) is 0 Å². The summed E-state index contributed by atoms with van der Waals surface area (Å²) in [6.07, 6.45) is 3.60. The van der Waals surface area contributed by atoms with E-state index in [9.17, 15) is 0 Å². The Morgan fingerprint density at radius 3 is 2.82 bits per heavy atom. The minimum Gasteiger partial charge on any atom is -0.368 e. The fraction of sp³-hybridized carbons (Fsp3) is 0.167. The first-order valence-electron chi connectivity index (χ1n) is 5.19. The van der Waals surface area contributed by atoms with E-state index < -0.39 is 0 Å². The normalized spacial score (nSPS) is 11.2. The number of nitrogens with zero attached hydrogens (tertiary/aromatic N) is 3. The molecule has 0 fully saturated rings. The zero-order valence-electron chi connectivity index (χ0n) is 9.68. The number of rotatable bonds is 2. The fourth-order valence-electron chi connectivity index (χ4n) is 1.48. The number of nitrogen functional groups attached to an aromatic ring is 1. The standard InChI is InChI=1S/C12H13IN4/c1-8-7-17(12(14)16-8)15-6-10-4-3-5-11(13)9(10)2/h3-7H,1-2H3,(H2,14,16). The molecule has 0 atom stereocenters. The number of anilines is 1. The van der Waals surface area contributed by atoms with E-state index in [-0.39, 0.29) is 0 Å². The lowest BCUT2D eigenvalue weighted by Gasteiger charge is -2.02. The van der Waals surface area contributed by atoms with Gasteiger partial charge in [-0.3, -0.25) is 0 Å². The molecule has 0 aliphatic heterocycles. The van der Waals surface area contributed by atoms with Crippen molar-refractivity contribution < 1.29 is 0 Å². The molecule has 5 heteroatoms. The molecule has 0 saturated carbocycles. The first kappa shape index (κ1) is 12.1. The number of aryl methyl sites for hydroxylation is 1. The predicted octanol–water partition coefficient (Wildman–Crippen LogP) is 2.57. The lowest BCUT2D eigenvalue weighted by Crippen LogP contribution is -1.98. The molecule has 0 aliphatic carbocycles. The van der Waals surface area contributed by atoms with Gasteiger partial charge in [-0.05, 0) is 53.6 Å². The van der Waals surface area contributed by atoms with Crippen LogP contribution >= 0.6 is 22.6 Å². The summed E-state index contributed by atoms with van der Waals surface area (Å²) in [6, 6.07) is 6.11. The number of hydrogen-bond acceptors (Lipinski definition) is 3. The number of halogens is 1. The van der Waals surface area contributed by atoms with Crippen molar-refractivity contribution in [2.45, 2.75) is 13.8 Å². The van der Waals surface area contributed by atoms with Gasteiger partial charge in [0.05, 0.1) is 18.1 Å². The van der Waals surface area contributed by atoms with E-state index >= 15 is 0 Å². The van der Waals surface area contributed by atoms with Gasteiger partial charge < -0.3 is 5.73 Å². The monoisotopic (exact) mass is 340 g/mol. The van der Waals surface area contributed by atoms with E-state index in [1.807, 2.05) is 19.1 Å². The number of aromatic nitrogens is 2. The van der Waals surface area contributed by atoms with E-state index in [1.54, 1.807) is 17.1 Å². The minimum atomic E-state index is 0.405. The third-order valence-corrected chi connectivity index (χ3v) is 3.63. The average Bonchev–Trinajstić information content (AvgIpc) is 2.60. The van der Waals surface area contributed by atoms with Crippen LogP contribution in [-0.4, -0.2) is 15.9 Å². The second kappa shape index (κ2) is 4.87. The molecule has 0 amide bonds. The summed E-state index contributed by atoms with van der Waals surface area (Å²) in [5.74, 6) is 0.405. The van der Waals surface area contributed by atoms with Gasteiger partial charge in [-0.1, -0.05) is 12.1 Å². The fourth-order valence-corrected chi connectivity index (χ4v) is 2.00. The Kier molecular flexibility index (Phi) is 3.46.